The van der Waals surface area contributed by atoms with E-state index in [1.165, 1.54) is 308 Å². The Bertz CT molecular complexity index is 1080. The molecule has 0 rings (SSSR count). The molecule has 0 aliphatic rings. The van der Waals surface area contributed by atoms with Gasteiger partial charge in [-0.1, -0.05) is 341 Å². The molecule has 0 spiro atoms. The predicted octanol–water partition coefficient (Wildman–Crippen LogP) is 20.8. The van der Waals surface area contributed by atoms with Crippen molar-refractivity contribution in [3.63, 3.8) is 0 Å². The zero-order valence-corrected chi connectivity index (χ0v) is 48.9. The number of amides is 1. The molecule has 0 saturated carbocycles. The number of esters is 1. The first-order chi connectivity index (χ1) is 35.5. The van der Waals surface area contributed by atoms with Crippen molar-refractivity contribution >= 4 is 11.9 Å². The summed E-state index contributed by atoms with van der Waals surface area (Å²) >= 11 is 0. The minimum absolute atomic E-state index is 0.0106. The molecule has 0 radical (unpaired) electrons. The van der Waals surface area contributed by atoms with Crippen molar-refractivity contribution in [3.8, 4) is 0 Å². The van der Waals surface area contributed by atoms with Gasteiger partial charge in [-0.25, -0.2) is 0 Å². The molecule has 0 bridgehead atoms. The van der Waals surface area contributed by atoms with Crippen molar-refractivity contribution < 1.29 is 24.5 Å². The zero-order valence-electron chi connectivity index (χ0n) is 48.9. The van der Waals surface area contributed by atoms with Crippen LogP contribution in [0, 0.1) is 0 Å². The summed E-state index contributed by atoms with van der Waals surface area (Å²) in [5.41, 5.74) is 0. The van der Waals surface area contributed by atoms with Crippen molar-refractivity contribution in [2.45, 2.75) is 386 Å². The molecule has 2 unspecified atom stereocenters. The number of unbranched alkanes of at least 4 members (excludes halogenated alkanes) is 51. The number of carbonyl (C=O) groups is 2. The van der Waals surface area contributed by atoms with E-state index >= 15 is 0 Å². The quantitative estimate of drug-likeness (QED) is 0.0320. The van der Waals surface area contributed by atoms with Crippen molar-refractivity contribution in [2.75, 3.05) is 13.2 Å². The summed E-state index contributed by atoms with van der Waals surface area (Å²) in [6.07, 6.45) is 75.5. The highest BCUT2D eigenvalue weighted by molar-refractivity contribution is 5.76. The minimum Gasteiger partial charge on any atom is -0.466 e. The van der Waals surface area contributed by atoms with E-state index in [-0.39, 0.29) is 18.5 Å². The van der Waals surface area contributed by atoms with Crippen LogP contribution in [0.4, 0.5) is 0 Å². The van der Waals surface area contributed by atoms with E-state index in [4.69, 9.17) is 4.74 Å². The minimum atomic E-state index is -0.846. The number of rotatable bonds is 62. The monoisotopic (exact) mass is 1020 g/mol. The van der Waals surface area contributed by atoms with Gasteiger partial charge < -0.3 is 20.3 Å². The lowest BCUT2D eigenvalue weighted by Gasteiger charge is -2.20. The Balaban J connectivity index is 3.42. The SMILES string of the molecule is CCCCCCCCCCCCCCCCCCCCCCCC/C=C/C(O)C(CO)NC(=O)CCCCCCCCCCCCCCCCCCCCCCOC(=O)CCCCCCCCCCCCC. The van der Waals surface area contributed by atoms with Gasteiger partial charge in [0, 0.05) is 12.8 Å². The fourth-order valence-electron chi connectivity index (χ4n) is 10.5. The largest absolute Gasteiger partial charge is 0.466 e. The Hall–Kier alpha value is -1.40. The summed E-state index contributed by atoms with van der Waals surface area (Å²) in [7, 11) is 0. The first-order valence-corrected chi connectivity index (χ1v) is 33.0. The molecule has 2 atom stereocenters. The van der Waals surface area contributed by atoms with E-state index in [1.54, 1.807) is 6.08 Å². The number of aliphatic hydroxyl groups is 2. The number of hydrogen-bond donors (Lipinski definition) is 3. The van der Waals surface area contributed by atoms with Crippen LogP contribution in [-0.4, -0.2) is 47.4 Å². The maximum atomic E-state index is 12.5. The summed E-state index contributed by atoms with van der Waals surface area (Å²) in [6, 6.07) is -0.630. The van der Waals surface area contributed by atoms with Crippen molar-refractivity contribution in [1.29, 1.82) is 0 Å². The highest BCUT2D eigenvalue weighted by Gasteiger charge is 2.18. The Kier molecular flexibility index (Phi) is 60.9. The Morgan fingerprint density at radius 3 is 0.944 bits per heavy atom. The molecule has 0 aliphatic heterocycles. The van der Waals surface area contributed by atoms with E-state index in [2.05, 4.69) is 19.2 Å². The van der Waals surface area contributed by atoms with Gasteiger partial charge in [0.2, 0.25) is 5.91 Å². The van der Waals surface area contributed by atoms with E-state index in [0.717, 1.165) is 38.5 Å². The fraction of sp³-hybridized carbons (Fsp3) is 0.939. The molecule has 1 amide bonds. The van der Waals surface area contributed by atoms with E-state index in [1.807, 2.05) is 6.08 Å². The number of nitrogens with one attached hydrogen (secondary N) is 1. The lowest BCUT2D eigenvalue weighted by atomic mass is 10.0. The number of carbonyl (C=O) groups excluding carboxylic acids is 2. The summed E-state index contributed by atoms with van der Waals surface area (Å²) in [4.78, 5) is 24.5. The van der Waals surface area contributed by atoms with Crippen LogP contribution in [0.1, 0.15) is 373 Å². The lowest BCUT2D eigenvalue weighted by Crippen LogP contribution is -2.45. The van der Waals surface area contributed by atoms with Gasteiger partial charge in [-0.15, -0.1) is 0 Å². The summed E-state index contributed by atoms with van der Waals surface area (Å²) in [5.74, 6) is -0.0546. The molecule has 0 saturated heterocycles. The molecule has 0 aromatic carbocycles. The number of ether oxygens (including phenoxy) is 1. The smallest absolute Gasteiger partial charge is 0.305 e. The van der Waals surface area contributed by atoms with Crippen LogP contribution in [0.5, 0.6) is 0 Å². The average Bonchev–Trinajstić information content (AvgIpc) is 3.38. The van der Waals surface area contributed by atoms with Crippen molar-refractivity contribution in [2.24, 2.45) is 0 Å². The molecule has 3 N–H and O–H groups in total. The van der Waals surface area contributed by atoms with Gasteiger partial charge in [0.1, 0.15) is 0 Å². The summed E-state index contributed by atoms with van der Waals surface area (Å²) in [6.45, 7) is 4.93. The number of hydrogen-bond acceptors (Lipinski definition) is 5. The van der Waals surface area contributed by atoms with Gasteiger partial charge >= 0.3 is 5.97 Å². The third-order valence-corrected chi connectivity index (χ3v) is 15.6. The van der Waals surface area contributed by atoms with E-state index < -0.39 is 12.1 Å². The van der Waals surface area contributed by atoms with E-state index in [9.17, 15) is 19.8 Å². The Morgan fingerprint density at radius 2 is 0.639 bits per heavy atom. The molecule has 0 aliphatic carbocycles. The molecule has 0 aromatic heterocycles. The second kappa shape index (κ2) is 62.1. The maximum Gasteiger partial charge on any atom is 0.305 e. The third-order valence-electron chi connectivity index (χ3n) is 15.6. The highest BCUT2D eigenvalue weighted by atomic mass is 16.5. The topological polar surface area (TPSA) is 95.9 Å². The van der Waals surface area contributed by atoms with Gasteiger partial charge in [0.15, 0.2) is 0 Å². The standard InChI is InChI=1S/C66H129NO5/c1-3-5-7-9-11-13-15-16-17-18-19-20-21-22-23-26-29-32-35-39-42-46-50-54-58-64(69)63(62-68)67-65(70)59-55-51-47-43-40-36-33-30-27-24-25-28-31-34-37-41-45-49-53-57-61-72-66(71)60-56-52-48-44-38-14-12-10-8-6-4-2/h54,58,63-64,68-69H,3-53,55-57,59-62H2,1-2H3,(H,67,70)/b58-54+. The maximum absolute atomic E-state index is 12.5. The predicted molar refractivity (Wildman–Crippen MR) is 315 cm³/mol. The molecular weight excluding hydrogens is 887 g/mol. The van der Waals surface area contributed by atoms with Crippen LogP contribution >= 0.6 is 0 Å². The molecule has 0 heterocycles. The number of aliphatic hydroxyl groups excluding tert-OH is 2. The molecule has 72 heavy (non-hydrogen) atoms. The van der Waals surface area contributed by atoms with Crippen molar-refractivity contribution in [1.82, 2.24) is 5.32 Å². The molecule has 6 nitrogen and oxygen atoms in total. The summed E-state index contributed by atoms with van der Waals surface area (Å²) in [5, 5.41) is 23.2. The number of allylic oxidation sites excluding steroid dienone is 1. The van der Waals surface area contributed by atoms with Crippen LogP contribution in [0.15, 0.2) is 12.2 Å². The van der Waals surface area contributed by atoms with Crippen LogP contribution in [0.2, 0.25) is 0 Å². The fourth-order valence-corrected chi connectivity index (χ4v) is 10.5. The van der Waals surface area contributed by atoms with Gasteiger partial charge in [-0.2, -0.15) is 0 Å². The second-order valence-electron chi connectivity index (χ2n) is 22.8. The lowest BCUT2D eigenvalue weighted by molar-refractivity contribution is -0.143. The third kappa shape index (κ3) is 57.9. The molecular formula is C66H129NO5. The van der Waals surface area contributed by atoms with Crippen molar-refractivity contribution in [3.05, 3.63) is 12.2 Å². The Morgan fingerprint density at radius 1 is 0.375 bits per heavy atom. The molecule has 428 valence electrons. The van der Waals surface area contributed by atoms with Gasteiger partial charge in [0.05, 0.1) is 25.4 Å². The van der Waals surface area contributed by atoms with Gasteiger partial charge in [-0.3, -0.25) is 9.59 Å². The van der Waals surface area contributed by atoms with Crippen LogP contribution in [0.3, 0.4) is 0 Å². The van der Waals surface area contributed by atoms with Crippen LogP contribution in [-0.2, 0) is 14.3 Å². The second-order valence-corrected chi connectivity index (χ2v) is 22.8. The van der Waals surface area contributed by atoms with Gasteiger partial charge in [-0.05, 0) is 32.1 Å². The molecule has 6 heteroatoms. The van der Waals surface area contributed by atoms with Crippen LogP contribution < -0.4 is 5.32 Å². The molecule has 0 fully saturated rings. The average molecular weight is 1020 g/mol. The first-order valence-electron chi connectivity index (χ1n) is 33.0. The Labute approximate surface area is 450 Å². The normalized spacial score (nSPS) is 12.6. The first kappa shape index (κ1) is 70.6. The summed E-state index contributed by atoms with van der Waals surface area (Å²) < 4.78 is 5.47. The van der Waals surface area contributed by atoms with Crippen LogP contribution in [0.25, 0.3) is 0 Å². The van der Waals surface area contributed by atoms with Gasteiger partial charge in [0.25, 0.3) is 0 Å². The van der Waals surface area contributed by atoms with E-state index in [0.29, 0.717) is 19.4 Å². The zero-order chi connectivity index (χ0) is 52.2. The highest BCUT2D eigenvalue weighted by Crippen LogP contribution is 2.19. The molecule has 0 aromatic rings.